The Morgan fingerprint density at radius 2 is 1.87 bits per heavy atom. The quantitative estimate of drug-likeness (QED) is 0.651. The van der Waals surface area contributed by atoms with Gasteiger partial charge in [-0.1, -0.05) is 26.7 Å². The van der Waals surface area contributed by atoms with E-state index in [4.69, 9.17) is 5.11 Å². The zero-order valence-electron chi connectivity index (χ0n) is 9.83. The zero-order chi connectivity index (χ0) is 11.3. The number of hydrogen-bond donors (Lipinski definition) is 2. The largest absolute Gasteiger partial charge is 0.480 e. The van der Waals surface area contributed by atoms with Gasteiger partial charge in [0.15, 0.2) is 0 Å². The highest BCUT2D eigenvalue weighted by molar-refractivity contribution is 5.74. The summed E-state index contributed by atoms with van der Waals surface area (Å²) < 4.78 is 0. The third-order valence-electron chi connectivity index (χ3n) is 3.05. The maximum Gasteiger partial charge on any atom is 0.320 e. The Balaban J connectivity index is 2.41. The van der Waals surface area contributed by atoms with Crippen molar-refractivity contribution >= 4 is 5.97 Å². The van der Waals surface area contributed by atoms with Gasteiger partial charge in [-0.05, 0) is 31.6 Å². The molecule has 1 atom stereocenters. The lowest BCUT2D eigenvalue weighted by Gasteiger charge is -2.22. The van der Waals surface area contributed by atoms with Gasteiger partial charge in [0.05, 0.1) is 0 Å². The van der Waals surface area contributed by atoms with Gasteiger partial charge in [-0.2, -0.15) is 0 Å². The number of nitrogens with one attached hydrogen (secondary N) is 1. The normalized spacial score (nSPS) is 18.1. The van der Waals surface area contributed by atoms with Crippen LogP contribution in [0.4, 0.5) is 0 Å². The van der Waals surface area contributed by atoms with Crippen LogP contribution in [-0.4, -0.2) is 23.2 Å². The van der Waals surface area contributed by atoms with Crippen LogP contribution in [0.25, 0.3) is 0 Å². The van der Waals surface area contributed by atoms with Crippen molar-refractivity contribution in [3.63, 3.8) is 0 Å². The molecule has 0 aromatic carbocycles. The average Bonchev–Trinajstić information content (AvgIpc) is 2.97. The number of hydrogen-bond acceptors (Lipinski definition) is 2. The van der Waals surface area contributed by atoms with Crippen LogP contribution in [-0.2, 0) is 4.79 Å². The number of carboxylic acid groups (broad SMARTS) is 1. The first-order chi connectivity index (χ1) is 7.19. The van der Waals surface area contributed by atoms with E-state index in [1.54, 1.807) is 0 Å². The summed E-state index contributed by atoms with van der Waals surface area (Å²) in [6.45, 7) is 4.30. The van der Waals surface area contributed by atoms with Crippen molar-refractivity contribution < 1.29 is 9.90 Å². The van der Waals surface area contributed by atoms with Crippen molar-refractivity contribution in [3.8, 4) is 0 Å². The molecule has 0 spiro atoms. The predicted molar refractivity (Wildman–Crippen MR) is 60.9 cm³/mol. The third-order valence-corrected chi connectivity index (χ3v) is 3.05. The number of carbonyl (C=O) groups is 1. The van der Waals surface area contributed by atoms with Crippen molar-refractivity contribution in [3.05, 3.63) is 0 Å². The Morgan fingerprint density at radius 3 is 2.20 bits per heavy atom. The predicted octanol–water partition coefficient (Wildman–Crippen LogP) is 2.41. The lowest BCUT2D eigenvalue weighted by atomic mass is 10.0. The number of rotatable bonds is 8. The molecule has 0 bridgehead atoms. The molecule has 0 aliphatic heterocycles. The summed E-state index contributed by atoms with van der Waals surface area (Å²) in [5.41, 5.74) is 0. The molecular formula is C12H23NO2. The summed E-state index contributed by atoms with van der Waals surface area (Å²) in [5, 5.41) is 12.4. The van der Waals surface area contributed by atoms with Gasteiger partial charge in [-0.25, -0.2) is 0 Å². The molecule has 88 valence electrons. The van der Waals surface area contributed by atoms with Crippen molar-refractivity contribution in [2.45, 2.75) is 64.5 Å². The van der Waals surface area contributed by atoms with Crippen LogP contribution in [0.1, 0.15) is 52.4 Å². The average molecular weight is 213 g/mol. The van der Waals surface area contributed by atoms with Gasteiger partial charge in [0.2, 0.25) is 0 Å². The van der Waals surface area contributed by atoms with E-state index >= 15 is 0 Å². The summed E-state index contributed by atoms with van der Waals surface area (Å²) in [4.78, 5) is 11.1. The van der Waals surface area contributed by atoms with E-state index in [0.717, 1.165) is 38.5 Å². The van der Waals surface area contributed by atoms with Crippen LogP contribution in [0.2, 0.25) is 0 Å². The lowest BCUT2D eigenvalue weighted by molar-refractivity contribution is -0.140. The smallest absolute Gasteiger partial charge is 0.320 e. The van der Waals surface area contributed by atoms with Gasteiger partial charge in [0.1, 0.15) is 6.04 Å². The molecule has 1 saturated carbocycles. The molecule has 1 rings (SSSR count). The van der Waals surface area contributed by atoms with Gasteiger partial charge in [0, 0.05) is 6.04 Å². The van der Waals surface area contributed by atoms with Crippen LogP contribution in [0.15, 0.2) is 0 Å². The molecule has 3 heteroatoms. The molecule has 0 amide bonds. The van der Waals surface area contributed by atoms with Gasteiger partial charge in [0.25, 0.3) is 0 Å². The van der Waals surface area contributed by atoms with E-state index in [1.807, 2.05) is 0 Å². The van der Waals surface area contributed by atoms with E-state index in [-0.39, 0.29) is 6.04 Å². The Hall–Kier alpha value is -0.570. The van der Waals surface area contributed by atoms with Crippen LogP contribution in [0.5, 0.6) is 0 Å². The zero-order valence-corrected chi connectivity index (χ0v) is 9.83. The second kappa shape index (κ2) is 6.11. The van der Waals surface area contributed by atoms with E-state index in [0.29, 0.717) is 12.0 Å². The molecule has 0 saturated heterocycles. The van der Waals surface area contributed by atoms with Crippen LogP contribution < -0.4 is 5.32 Å². The molecule has 2 N–H and O–H groups in total. The van der Waals surface area contributed by atoms with Gasteiger partial charge < -0.3 is 10.4 Å². The lowest BCUT2D eigenvalue weighted by Crippen LogP contribution is -2.44. The van der Waals surface area contributed by atoms with Crippen LogP contribution in [0, 0.1) is 5.92 Å². The number of carboxylic acids is 1. The topological polar surface area (TPSA) is 49.3 Å². The Bertz CT molecular complexity index is 196. The van der Waals surface area contributed by atoms with Crippen molar-refractivity contribution in [2.24, 2.45) is 5.92 Å². The molecule has 1 unspecified atom stereocenters. The molecule has 1 aliphatic rings. The summed E-state index contributed by atoms with van der Waals surface area (Å²) in [6, 6.07) is 0.0924. The van der Waals surface area contributed by atoms with Crippen molar-refractivity contribution in [1.29, 1.82) is 0 Å². The molecule has 3 nitrogen and oxygen atoms in total. The minimum absolute atomic E-state index is 0.298. The first-order valence-electron chi connectivity index (χ1n) is 6.17. The third kappa shape index (κ3) is 4.20. The molecule has 15 heavy (non-hydrogen) atoms. The SMILES string of the molecule is CCCC(CCC)NC(C(=O)O)C1CC1. The standard InChI is InChI=1S/C12H23NO2/c1-3-5-10(6-4-2)13-11(12(14)15)9-7-8-9/h9-11,13H,3-8H2,1-2H3,(H,14,15). The minimum atomic E-state index is -0.672. The second-order valence-corrected chi connectivity index (χ2v) is 4.59. The fourth-order valence-corrected chi connectivity index (χ4v) is 2.10. The van der Waals surface area contributed by atoms with E-state index in [9.17, 15) is 4.79 Å². The fourth-order valence-electron chi connectivity index (χ4n) is 2.10. The monoisotopic (exact) mass is 213 g/mol. The highest BCUT2D eigenvalue weighted by Gasteiger charge is 2.36. The molecule has 1 fully saturated rings. The van der Waals surface area contributed by atoms with E-state index in [1.165, 1.54) is 0 Å². The summed E-state index contributed by atoms with van der Waals surface area (Å²) in [7, 11) is 0. The first-order valence-corrected chi connectivity index (χ1v) is 6.17. The Labute approximate surface area is 92.3 Å². The molecule has 0 aromatic rings. The second-order valence-electron chi connectivity index (χ2n) is 4.59. The van der Waals surface area contributed by atoms with Crippen LogP contribution in [0.3, 0.4) is 0 Å². The summed E-state index contributed by atoms with van der Waals surface area (Å²) in [6.07, 6.45) is 6.57. The maximum absolute atomic E-state index is 11.1. The number of aliphatic carboxylic acids is 1. The van der Waals surface area contributed by atoms with E-state index in [2.05, 4.69) is 19.2 Å². The molecule has 0 radical (unpaired) electrons. The Morgan fingerprint density at radius 1 is 1.33 bits per heavy atom. The highest BCUT2D eigenvalue weighted by Crippen LogP contribution is 2.33. The van der Waals surface area contributed by atoms with Gasteiger partial charge in [-0.15, -0.1) is 0 Å². The molecule has 0 heterocycles. The van der Waals surface area contributed by atoms with Crippen molar-refractivity contribution in [2.75, 3.05) is 0 Å². The Kier molecular flexibility index (Phi) is 5.09. The van der Waals surface area contributed by atoms with Gasteiger partial charge >= 0.3 is 5.97 Å². The van der Waals surface area contributed by atoms with Gasteiger partial charge in [-0.3, -0.25) is 4.79 Å². The summed E-state index contributed by atoms with van der Waals surface area (Å²) >= 11 is 0. The fraction of sp³-hybridized carbons (Fsp3) is 0.917. The van der Waals surface area contributed by atoms with Crippen LogP contribution >= 0.6 is 0 Å². The maximum atomic E-state index is 11.1. The van der Waals surface area contributed by atoms with Crippen molar-refractivity contribution in [1.82, 2.24) is 5.32 Å². The highest BCUT2D eigenvalue weighted by atomic mass is 16.4. The summed E-state index contributed by atoms with van der Waals surface area (Å²) in [5.74, 6) is -0.284. The first kappa shape index (κ1) is 12.5. The van der Waals surface area contributed by atoms with E-state index < -0.39 is 5.97 Å². The molecule has 1 aliphatic carbocycles. The molecular weight excluding hydrogens is 190 g/mol. The minimum Gasteiger partial charge on any atom is -0.480 e. The molecule has 0 aromatic heterocycles.